The fourth-order valence-electron chi connectivity index (χ4n) is 3.79. The molecule has 0 saturated carbocycles. The first kappa shape index (κ1) is 22.0. The van der Waals surface area contributed by atoms with E-state index in [1.807, 2.05) is 30.3 Å². The summed E-state index contributed by atoms with van der Waals surface area (Å²) in [6.45, 7) is 1.03. The molecule has 2 unspecified atom stereocenters. The molecule has 9 heteroatoms. The molecule has 1 aliphatic rings. The number of halogens is 1. The Morgan fingerprint density at radius 2 is 1.84 bits per heavy atom. The van der Waals surface area contributed by atoms with E-state index >= 15 is 0 Å². The minimum absolute atomic E-state index is 0.0617. The predicted octanol–water partition coefficient (Wildman–Crippen LogP) is 3.33. The highest BCUT2D eigenvalue weighted by molar-refractivity contribution is 7.90. The van der Waals surface area contributed by atoms with Gasteiger partial charge < -0.3 is 10.5 Å². The minimum atomic E-state index is -3.72. The van der Waals surface area contributed by atoms with Crippen LogP contribution in [0.25, 0.3) is 0 Å². The van der Waals surface area contributed by atoms with E-state index in [0.29, 0.717) is 36.0 Å². The second-order valence-corrected chi connectivity index (χ2v) is 10.1. The summed E-state index contributed by atoms with van der Waals surface area (Å²) >= 11 is 5.97. The van der Waals surface area contributed by atoms with Gasteiger partial charge in [-0.05, 0) is 42.5 Å². The van der Waals surface area contributed by atoms with Gasteiger partial charge in [0.15, 0.2) is 5.82 Å². The van der Waals surface area contributed by atoms with Crippen LogP contribution in [0.2, 0.25) is 5.02 Å². The first-order chi connectivity index (χ1) is 14.9. The second-order valence-electron chi connectivity index (χ2n) is 7.77. The van der Waals surface area contributed by atoms with Gasteiger partial charge in [0.25, 0.3) is 0 Å². The van der Waals surface area contributed by atoms with E-state index in [-0.39, 0.29) is 17.0 Å². The summed E-state index contributed by atoms with van der Waals surface area (Å²) in [6.07, 6.45) is 2.22. The molecule has 0 aliphatic carbocycles. The summed E-state index contributed by atoms with van der Waals surface area (Å²) in [5, 5.41) is 8.86. The molecule has 0 spiro atoms. The van der Waals surface area contributed by atoms with Gasteiger partial charge in [0.2, 0.25) is 15.0 Å². The number of benzene rings is 2. The number of nitrogens with two attached hydrogens (primary N) is 1. The molecule has 1 saturated heterocycles. The first-order valence-corrected chi connectivity index (χ1v) is 12.3. The summed E-state index contributed by atoms with van der Waals surface area (Å²) < 4.78 is 33.8. The Morgan fingerprint density at radius 3 is 2.52 bits per heavy atom. The zero-order chi connectivity index (χ0) is 21.8. The van der Waals surface area contributed by atoms with Crippen LogP contribution in [-0.4, -0.2) is 35.9 Å². The maximum Gasteiger partial charge on any atom is 0.250 e. The standard InChI is InChI=1S/C22H25ClN4O3S/c23-18-10-8-16(9-11-18)13-20(24)21-25-26-22(27(21)14-19-7-4-12-30-19)31(28,29)15-17-5-2-1-3-6-17/h1-3,5-6,8-11,19-20H,4,7,12-15,24H2. The maximum absolute atomic E-state index is 13.2. The van der Waals surface area contributed by atoms with E-state index < -0.39 is 15.9 Å². The third-order valence-corrected chi connectivity index (χ3v) is 7.16. The van der Waals surface area contributed by atoms with Gasteiger partial charge in [-0.25, -0.2) is 8.42 Å². The van der Waals surface area contributed by atoms with Crippen molar-refractivity contribution in [2.24, 2.45) is 5.73 Å². The Morgan fingerprint density at radius 1 is 1.10 bits per heavy atom. The SMILES string of the molecule is NC(Cc1ccc(Cl)cc1)c1nnc(S(=O)(=O)Cc2ccccc2)n1CC1CCCO1. The molecule has 7 nitrogen and oxygen atoms in total. The number of nitrogens with zero attached hydrogens (tertiary/aromatic N) is 3. The fraction of sp³-hybridized carbons (Fsp3) is 0.364. The van der Waals surface area contributed by atoms with Crippen molar-refractivity contribution in [2.45, 2.75) is 48.9 Å². The first-order valence-electron chi connectivity index (χ1n) is 10.2. The van der Waals surface area contributed by atoms with Gasteiger partial charge in [0, 0.05) is 11.6 Å². The molecule has 1 aliphatic heterocycles. The monoisotopic (exact) mass is 460 g/mol. The van der Waals surface area contributed by atoms with E-state index in [2.05, 4.69) is 10.2 Å². The molecular weight excluding hydrogens is 436 g/mol. The topological polar surface area (TPSA) is 100 Å². The summed E-state index contributed by atoms with van der Waals surface area (Å²) in [5.74, 6) is 0.293. The Labute approximate surface area is 187 Å². The molecule has 3 aromatic rings. The molecule has 31 heavy (non-hydrogen) atoms. The number of hydrogen-bond acceptors (Lipinski definition) is 6. The maximum atomic E-state index is 13.2. The number of hydrogen-bond donors (Lipinski definition) is 1. The average Bonchev–Trinajstić information content (AvgIpc) is 3.41. The van der Waals surface area contributed by atoms with Crippen molar-refractivity contribution in [3.05, 3.63) is 76.6 Å². The zero-order valence-electron chi connectivity index (χ0n) is 17.0. The van der Waals surface area contributed by atoms with Crippen molar-refractivity contribution in [1.82, 2.24) is 14.8 Å². The van der Waals surface area contributed by atoms with E-state index in [9.17, 15) is 8.42 Å². The van der Waals surface area contributed by atoms with Crippen molar-refractivity contribution in [3.8, 4) is 0 Å². The number of rotatable bonds is 8. The lowest BCUT2D eigenvalue weighted by molar-refractivity contribution is 0.0937. The van der Waals surface area contributed by atoms with Crippen molar-refractivity contribution in [1.29, 1.82) is 0 Å². The van der Waals surface area contributed by atoms with E-state index in [1.54, 1.807) is 28.8 Å². The van der Waals surface area contributed by atoms with Gasteiger partial charge in [-0.1, -0.05) is 54.1 Å². The Kier molecular flexibility index (Phi) is 6.71. The third kappa shape index (κ3) is 5.33. The fourth-order valence-corrected chi connectivity index (χ4v) is 5.35. The van der Waals surface area contributed by atoms with Crippen LogP contribution in [-0.2, 0) is 33.3 Å². The van der Waals surface area contributed by atoms with E-state index in [0.717, 1.165) is 18.4 Å². The molecule has 4 rings (SSSR count). The number of ether oxygens (including phenoxy) is 1. The molecule has 2 heterocycles. The summed E-state index contributed by atoms with van der Waals surface area (Å²) in [6, 6.07) is 15.9. The molecule has 0 radical (unpaired) electrons. The highest BCUT2D eigenvalue weighted by Gasteiger charge is 2.30. The molecule has 2 atom stereocenters. The van der Waals surface area contributed by atoms with Gasteiger partial charge in [0.1, 0.15) is 0 Å². The van der Waals surface area contributed by atoms with Crippen molar-refractivity contribution < 1.29 is 13.2 Å². The molecule has 2 aromatic carbocycles. The molecule has 164 valence electrons. The Balaban J connectivity index is 1.65. The minimum Gasteiger partial charge on any atom is -0.376 e. The van der Waals surface area contributed by atoms with Crippen LogP contribution in [0.5, 0.6) is 0 Å². The van der Waals surface area contributed by atoms with Crippen LogP contribution in [0, 0.1) is 0 Å². The highest BCUT2D eigenvalue weighted by Crippen LogP contribution is 2.24. The van der Waals surface area contributed by atoms with E-state index in [4.69, 9.17) is 22.1 Å². The summed E-state index contributed by atoms with van der Waals surface area (Å²) in [5.41, 5.74) is 8.14. The third-order valence-electron chi connectivity index (χ3n) is 5.33. The van der Waals surface area contributed by atoms with Gasteiger partial charge in [-0.3, -0.25) is 4.57 Å². The van der Waals surface area contributed by atoms with Crippen LogP contribution in [0.4, 0.5) is 0 Å². The van der Waals surface area contributed by atoms with Crippen molar-refractivity contribution in [2.75, 3.05) is 6.61 Å². The lowest BCUT2D eigenvalue weighted by atomic mass is 10.1. The molecule has 1 fully saturated rings. The average molecular weight is 461 g/mol. The van der Waals surface area contributed by atoms with Crippen LogP contribution in [0.3, 0.4) is 0 Å². The highest BCUT2D eigenvalue weighted by atomic mass is 35.5. The van der Waals surface area contributed by atoms with Crippen molar-refractivity contribution >= 4 is 21.4 Å². The second kappa shape index (κ2) is 9.48. The summed E-state index contributed by atoms with van der Waals surface area (Å²) in [7, 11) is -3.72. The molecular formula is C22H25ClN4O3S. The van der Waals surface area contributed by atoms with Crippen LogP contribution in [0.15, 0.2) is 59.8 Å². The molecule has 1 aromatic heterocycles. The molecule has 0 amide bonds. The van der Waals surface area contributed by atoms with Crippen LogP contribution >= 0.6 is 11.6 Å². The molecule has 0 bridgehead atoms. The number of sulfone groups is 1. The van der Waals surface area contributed by atoms with Gasteiger partial charge >= 0.3 is 0 Å². The smallest absolute Gasteiger partial charge is 0.250 e. The summed E-state index contributed by atoms with van der Waals surface area (Å²) in [4.78, 5) is 0. The largest absolute Gasteiger partial charge is 0.376 e. The lowest BCUT2D eigenvalue weighted by Crippen LogP contribution is -2.25. The Hall–Kier alpha value is -2.26. The van der Waals surface area contributed by atoms with Crippen LogP contribution < -0.4 is 5.73 Å². The normalized spacial score (nSPS) is 17.7. The quantitative estimate of drug-likeness (QED) is 0.553. The lowest BCUT2D eigenvalue weighted by Gasteiger charge is -2.18. The zero-order valence-corrected chi connectivity index (χ0v) is 18.6. The van der Waals surface area contributed by atoms with Crippen molar-refractivity contribution in [3.63, 3.8) is 0 Å². The molecule has 2 N–H and O–H groups in total. The van der Waals surface area contributed by atoms with Gasteiger partial charge in [-0.2, -0.15) is 0 Å². The van der Waals surface area contributed by atoms with Gasteiger partial charge in [0.05, 0.1) is 24.4 Å². The van der Waals surface area contributed by atoms with Gasteiger partial charge in [-0.15, -0.1) is 10.2 Å². The Bertz CT molecular complexity index is 1110. The van der Waals surface area contributed by atoms with E-state index in [1.165, 1.54) is 0 Å². The predicted molar refractivity (Wildman–Crippen MR) is 118 cm³/mol. The van der Waals surface area contributed by atoms with Crippen LogP contribution in [0.1, 0.15) is 35.8 Å². The number of aromatic nitrogens is 3.